The van der Waals surface area contributed by atoms with Gasteiger partial charge in [-0.15, -0.1) is 0 Å². The molecule has 0 radical (unpaired) electrons. The second-order valence-electron chi connectivity index (χ2n) is 5.21. The van der Waals surface area contributed by atoms with E-state index in [1.165, 1.54) is 6.20 Å². The topological polar surface area (TPSA) is 90.4 Å². The van der Waals surface area contributed by atoms with E-state index in [0.29, 0.717) is 11.3 Å². The highest BCUT2D eigenvalue weighted by Crippen LogP contribution is 2.21. The van der Waals surface area contributed by atoms with Crippen LogP contribution in [0.2, 0.25) is 5.02 Å². The molecule has 0 aliphatic heterocycles. The number of benzene rings is 2. The maximum absolute atomic E-state index is 11.5. The van der Waals surface area contributed by atoms with Crippen LogP contribution in [0.25, 0.3) is 0 Å². The molecular formula is C18H15ClN4O2. The number of aromatic amines is 1. The van der Waals surface area contributed by atoms with Gasteiger partial charge >= 0.3 is 0 Å². The first kappa shape index (κ1) is 16.9. The summed E-state index contributed by atoms with van der Waals surface area (Å²) in [7, 11) is 0. The Balaban J connectivity index is 1.99. The summed E-state index contributed by atoms with van der Waals surface area (Å²) in [6.45, 7) is 0. The van der Waals surface area contributed by atoms with Gasteiger partial charge in [0.25, 0.3) is 5.56 Å². The van der Waals surface area contributed by atoms with Crippen LogP contribution in [0.4, 0.5) is 5.69 Å². The van der Waals surface area contributed by atoms with Crippen LogP contribution in [0.1, 0.15) is 17.2 Å². The van der Waals surface area contributed by atoms with E-state index in [1.807, 2.05) is 60.7 Å². The van der Waals surface area contributed by atoms with E-state index in [2.05, 4.69) is 20.7 Å². The van der Waals surface area contributed by atoms with Crippen molar-refractivity contribution in [3.05, 3.63) is 93.4 Å². The number of hydrogen-bond donors (Lipinski definition) is 3. The molecule has 3 aromatic rings. The van der Waals surface area contributed by atoms with Gasteiger partial charge in [-0.2, -0.15) is 10.2 Å². The lowest BCUT2D eigenvalue weighted by Gasteiger charge is -2.15. The molecule has 1 heterocycles. The van der Waals surface area contributed by atoms with E-state index in [4.69, 9.17) is 11.6 Å². The summed E-state index contributed by atoms with van der Waals surface area (Å²) in [5.41, 5.74) is 4.27. The lowest BCUT2D eigenvalue weighted by atomic mass is 9.99. The molecule has 2 aromatic carbocycles. The number of hydrogen-bond acceptors (Lipinski definition) is 5. The quantitative estimate of drug-likeness (QED) is 0.485. The van der Waals surface area contributed by atoms with Crippen molar-refractivity contribution in [1.82, 2.24) is 10.2 Å². The Bertz CT molecular complexity index is 927. The van der Waals surface area contributed by atoms with Crippen molar-refractivity contribution in [3.8, 4) is 0 Å². The van der Waals surface area contributed by atoms with Crippen LogP contribution >= 0.6 is 11.6 Å². The maximum atomic E-state index is 11.5. The fraction of sp³-hybridized carbons (Fsp3) is 0.0556. The zero-order chi connectivity index (χ0) is 17.6. The van der Waals surface area contributed by atoms with E-state index in [0.717, 1.165) is 5.56 Å². The van der Waals surface area contributed by atoms with Gasteiger partial charge in [0.05, 0.1) is 6.20 Å². The summed E-state index contributed by atoms with van der Waals surface area (Å²) in [5.74, 6) is 0. The molecule has 25 heavy (non-hydrogen) atoms. The van der Waals surface area contributed by atoms with E-state index in [-0.39, 0.29) is 10.7 Å². The Kier molecular flexibility index (Phi) is 5.23. The number of aliphatic hydroxyl groups excluding tert-OH is 1. The zero-order valence-corrected chi connectivity index (χ0v) is 13.8. The fourth-order valence-electron chi connectivity index (χ4n) is 2.27. The first-order valence-corrected chi connectivity index (χ1v) is 7.90. The van der Waals surface area contributed by atoms with Gasteiger partial charge in [-0.25, -0.2) is 5.10 Å². The molecular weight excluding hydrogens is 340 g/mol. The molecule has 0 spiro atoms. The Labute approximate surface area is 148 Å². The van der Waals surface area contributed by atoms with Crippen LogP contribution in [0.15, 0.2) is 76.8 Å². The highest BCUT2D eigenvalue weighted by atomic mass is 35.5. The molecule has 7 heteroatoms. The minimum absolute atomic E-state index is 0.0552. The molecule has 0 fully saturated rings. The van der Waals surface area contributed by atoms with Crippen LogP contribution in [-0.2, 0) is 0 Å². The Morgan fingerprint density at radius 3 is 2.44 bits per heavy atom. The average Bonchev–Trinajstić information content (AvgIpc) is 2.66. The van der Waals surface area contributed by atoms with Crippen LogP contribution in [0.5, 0.6) is 0 Å². The number of aromatic nitrogens is 2. The minimum Gasteiger partial charge on any atom is -0.382 e. The predicted molar refractivity (Wildman–Crippen MR) is 97.9 cm³/mol. The van der Waals surface area contributed by atoms with Crippen molar-refractivity contribution in [2.45, 2.75) is 6.10 Å². The summed E-state index contributed by atoms with van der Waals surface area (Å²) in [6, 6.07) is 18.4. The van der Waals surface area contributed by atoms with Gasteiger partial charge < -0.3 is 5.11 Å². The van der Waals surface area contributed by atoms with E-state index >= 15 is 0 Å². The Morgan fingerprint density at radius 2 is 1.76 bits per heavy atom. The van der Waals surface area contributed by atoms with Crippen LogP contribution in [0, 0.1) is 0 Å². The second-order valence-corrected chi connectivity index (χ2v) is 5.59. The number of anilines is 1. The Hall–Kier alpha value is -2.96. The second kappa shape index (κ2) is 7.74. The third-order valence-electron chi connectivity index (χ3n) is 3.54. The summed E-state index contributed by atoms with van der Waals surface area (Å²) < 4.78 is 0. The van der Waals surface area contributed by atoms with Gasteiger partial charge in [0, 0.05) is 5.56 Å². The number of hydrazone groups is 1. The first-order valence-electron chi connectivity index (χ1n) is 7.52. The highest BCUT2D eigenvalue weighted by Gasteiger charge is 2.17. The molecule has 0 amide bonds. The van der Waals surface area contributed by atoms with Crippen LogP contribution in [0.3, 0.4) is 0 Å². The normalized spacial score (nSPS) is 12.6. The average molecular weight is 355 g/mol. The molecule has 0 saturated carbocycles. The maximum Gasteiger partial charge on any atom is 0.285 e. The zero-order valence-electron chi connectivity index (χ0n) is 13.1. The summed E-state index contributed by atoms with van der Waals surface area (Å²) in [5, 5.41) is 20.9. The largest absolute Gasteiger partial charge is 0.382 e. The number of aliphatic hydroxyl groups is 1. The number of H-pyrrole nitrogens is 1. The molecule has 0 aliphatic carbocycles. The van der Waals surface area contributed by atoms with Crippen LogP contribution in [-0.4, -0.2) is 21.0 Å². The standard InChI is InChI=1S/C18H15ClN4O2/c19-15-14(11-20-23-18(15)25)21-22-16(12-7-3-1-4-8-12)17(24)13-9-5-2-6-10-13/h1-11,17,24H,(H2,21,23,25)/b22-16+. The van der Waals surface area contributed by atoms with Crippen molar-refractivity contribution in [2.24, 2.45) is 5.10 Å². The number of halogens is 1. The van der Waals surface area contributed by atoms with Gasteiger partial charge in [-0.05, 0) is 5.56 Å². The van der Waals surface area contributed by atoms with Gasteiger partial charge in [-0.3, -0.25) is 10.2 Å². The van der Waals surface area contributed by atoms with Crippen LogP contribution < -0.4 is 11.0 Å². The summed E-state index contributed by atoms with van der Waals surface area (Å²) in [4.78, 5) is 11.5. The van der Waals surface area contributed by atoms with Crippen molar-refractivity contribution in [2.75, 3.05) is 5.43 Å². The summed E-state index contributed by atoms with van der Waals surface area (Å²) in [6.07, 6.45) is 0.398. The lowest BCUT2D eigenvalue weighted by molar-refractivity contribution is 0.248. The van der Waals surface area contributed by atoms with E-state index in [1.54, 1.807) is 0 Å². The van der Waals surface area contributed by atoms with Crippen molar-refractivity contribution in [1.29, 1.82) is 0 Å². The lowest BCUT2D eigenvalue weighted by Crippen LogP contribution is -2.16. The third kappa shape index (κ3) is 3.93. The van der Waals surface area contributed by atoms with Gasteiger partial charge in [0.2, 0.25) is 0 Å². The molecule has 1 unspecified atom stereocenters. The molecule has 3 rings (SSSR count). The molecule has 0 bridgehead atoms. The number of nitrogens with zero attached hydrogens (tertiary/aromatic N) is 2. The number of nitrogens with one attached hydrogen (secondary N) is 2. The molecule has 0 saturated heterocycles. The van der Waals surface area contributed by atoms with Crippen molar-refractivity contribution >= 4 is 23.0 Å². The van der Waals surface area contributed by atoms with Gasteiger partial charge in [0.15, 0.2) is 0 Å². The SMILES string of the molecule is O=c1[nH]ncc(N/N=C(\c2ccccc2)C(O)c2ccccc2)c1Cl. The van der Waals surface area contributed by atoms with Gasteiger partial charge in [0.1, 0.15) is 22.5 Å². The van der Waals surface area contributed by atoms with E-state index in [9.17, 15) is 9.90 Å². The smallest absolute Gasteiger partial charge is 0.285 e. The van der Waals surface area contributed by atoms with Crippen molar-refractivity contribution < 1.29 is 5.11 Å². The third-order valence-corrected chi connectivity index (χ3v) is 3.91. The first-order chi connectivity index (χ1) is 12.2. The Morgan fingerprint density at radius 1 is 1.12 bits per heavy atom. The molecule has 3 N–H and O–H groups in total. The molecule has 126 valence electrons. The van der Waals surface area contributed by atoms with Gasteiger partial charge in [-0.1, -0.05) is 72.3 Å². The predicted octanol–water partition coefficient (Wildman–Crippen LogP) is 2.97. The highest BCUT2D eigenvalue weighted by molar-refractivity contribution is 6.32. The fourth-order valence-corrected chi connectivity index (χ4v) is 2.40. The number of rotatable bonds is 5. The molecule has 6 nitrogen and oxygen atoms in total. The van der Waals surface area contributed by atoms with Crippen molar-refractivity contribution in [3.63, 3.8) is 0 Å². The summed E-state index contributed by atoms with van der Waals surface area (Å²) >= 11 is 5.94. The monoisotopic (exact) mass is 354 g/mol. The minimum atomic E-state index is -0.954. The molecule has 1 aromatic heterocycles. The molecule has 1 atom stereocenters. The van der Waals surface area contributed by atoms with E-state index < -0.39 is 11.7 Å². The molecule has 0 aliphatic rings.